The number of nitrogens with two attached hydrogens (primary N) is 1. The van der Waals surface area contributed by atoms with Crippen molar-refractivity contribution < 1.29 is 0 Å². The van der Waals surface area contributed by atoms with Crippen LogP contribution in [0.1, 0.15) is 19.4 Å². The van der Waals surface area contributed by atoms with Gasteiger partial charge in [0, 0.05) is 17.5 Å². The van der Waals surface area contributed by atoms with Crippen molar-refractivity contribution in [3.8, 4) is 6.07 Å². The van der Waals surface area contributed by atoms with Crippen LogP contribution in [0.3, 0.4) is 0 Å². The zero-order chi connectivity index (χ0) is 12.2. The number of anilines is 2. The zero-order valence-corrected chi connectivity index (χ0v) is 10.6. The third kappa shape index (κ3) is 3.31. The van der Waals surface area contributed by atoms with Crippen molar-refractivity contribution in [3.05, 3.63) is 17.8 Å². The molecule has 0 atom stereocenters. The Morgan fingerprint density at radius 2 is 2.31 bits per heavy atom. The third-order valence-electron chi connectivity index (χ3n) is 2.28. The molecule has 0 bridgehead atoms. The quantitative estimate of drug-likeness (QED) is 0.837. The van der Waals surface area contributed by atoms with Crippen LogP contribution in [0.5, 0.6) is 0 Å². The molecular formula is C11H16N4S. The molecule has 1 rings (SSSR count). The van der Waals surface area contributed by atoms with Crippen LogP contribution in [-0.4, -0.2) is 22.5 Å². The lowest BCUT2D eigenvalue weighted by atomic mass is 10.2. The topological polar surface area (TPSA) is 74.7 Å². The lowest BCUT2D eigenvalue weighted by Crippen LogP contribution is -2.26. The molecule has 0 unspecified atom stereocenters. The van der Waals surface area contributed by atoms with Crippen LogP contribution in [0, 0.1) is 11.3 Å². The number of nitrogens with zero attached hydrogens (tertiary/aromatic N) is 2. The minimum atomic E-state index is 0.127. The summed E-state index contributed by atoms with van der Waals surface area (Å²) in [5.41, 5.74) is 6.77. The summed E-state index contributed by atoms with van der Waals surface area (Å²) in [5.74, 6) is 0.640. The first-order valence-corrected chi connectivity index (χ1v) is 6.15. The van der Waals surface area contributed by atoms with E-state index >= 15 is 0 Å². The van der Waals surface area contributed by atoms with Crippen molar-refractivity contribution in [1.29, 1.82) is 5.26 Å². The Bertz CT molecular complexity index is 409. The largest absolute Gasteiger partial charge is 0.396 e. The first kappa shape index (κ1) is 12.7. The molecule has 0 saturated heterocycles. The summed E-state index contributed by atoms with van der Waals surface area (Å²) in [7, 11) is 0. The predicted octanol–water partition coefficient (Wildman–Crippen LogP) is 2.09. The Hall–Kier alpha value is -1.41. The van der Waals surface area contributed by atoms with Crippen LogP contribution in [0.2, 0.25) is 0 Å². The number of nitriles is 1. The second kappa shape index (κ2) is 5.08. The number of aromatic nitrogens is 1. The second-order valence-corrected chi connectivity index (χ2v) is 5.60. The number of nitrogen functional groups attached to an aromatic ring is 1. The van der Waals surface area contributed by atoms with Gasteiger partial charge in [0.2, 0.25) is 0 Å². The van der Waals surface area contributed by atoms with Gasteiger partial charge in [0.05, 0.1) is 11.3 Å². The zero-order valence-electron chi connectivity index (χ0n) is 9.74. The molecule has 16 heavy (non-hydrogen) atoms. The maximum Gasteiger partial charge on any atom is 0.149 e. The average Bonchev–Trinajstić information content (AvgIpc) is 2.27. The van der Waals surface area contributed by atoms with E-state index in [4.69, 9.17) is 11.0 Å². The van der Waals surface area contributed by atoms with E-state index in [0.717, 1.165) is 6.54 Å². The number of hydrogen-bond acceptors (Lipinski definition) is 5. The molecule has 1 heterocycles. The van der Waals surface area contributed by atoms with Gasteiger partial charge in [0.1, 0.15) is 11.9 Å². The molecule has 86 valence electrons. The number of nitrogens with one attached hydrogen (secondary N) is 1. The van der Waals surface area contributed by atoms with Gasteiger partial charge in [0.25, 0.3) is 0 Å². The minimum Gasteiger partial charge on any atom is -0.396 e. The summed E-state index contributed by atoms with van der Waals surface area (Å²) >= 11 is 1.78. The van der Waals surface area contributed by atoms with E-state index in [0.29, 0.717) is 17.1 Å². The highest BCUT2D eigenvalue weighted by Gasteiger charge is 2.16. The maximum atomic E-state index is 8.68. The second-order valence-electron chi connectivity index (χ2n) is 4.09. The highest BCUT2D eigenvalue weighted by atomic mass is 32.2. The van der Waals surface area contributed by atoms with Gasteiger partial charge in [0.15, 0.2) is 0 Å². The summed E-state index contributed by atoms with van der Waals surface area (Å²) in [6, 6.07) is 3.63. The maximum absolute atomic E-state index is 8.68. The van der Waals surface area contributed by atoms with Crippen molar-refractivity contribution in [2.45, 2.75) is 18.6 Å². The fourth-order valence-corrected chi connectivity index (χ4v) is 1.28. The van der Waals surface area contributed by atoms with Gasteiger partial charge in [-0.25, -0.2) is 4.98 Å². The summed E-state index contributed by atoms with van der Waals surface area (Å²) in [6.45, 7) is 5.06. The minimum absolute atomic E-state index is 0.127. The van der Waals surface area contributed by atoms with Gasteiger partial charge in [-0.1, -0.05) is 0 Å². The van der Waals surface area contributed by atoms with Gasteiger partial charge in [-0.3, -0.25) is 0 Å². The van der Waals surface area contributed by atoms with Gasteiger partial charge in [-0.15, -0.1) is 0 Å². The fourth-order valence-electron chi connectivity index (χ4n) is 1.06. The van der Waals surface area contributed by atoms with E-state index < -0.39 is 0 Å². The lowest BCUT2D eigenvalue weighted by molar-refractivity contribution is 0.750. The normalized spacial score (nSPS) is 10.9. The van der Waals surface area contributed by atoms with E-state index in [1.54, 1.807) is 17.8 Å². The number of thioether (sulfide) groups is 1. The van der Waals surface area contributed by atoms with Crippen molar-refractivity contribution in [2.24, 2.45) is 0 Å². The molecule has 0 saturated carbocycles. The molecule has 0 aliphatic rings. The summed E-state index contributed by atoms with van der Waals surface area (Å²) in [4.78, 5) is 4.12. The Morgan fingerprint density at radius 3 is 2.81 bits per heavy atom. The first-order valence-electron chi connectivity index (χ1n) is 4.93. The van der Waals surface area contributed by atoms with Crippen molar-refractivity contribution in [3.63, 3.8) is 0 Å². The Labute approximate surface area is 100 Å². The molecule has 5 heteroatoms. The highest BCUT2D eigenvalue weighted by molar-refractivity contribution is 7.99. The average molecular weight is 236 g/mol. The molecule has 1 aromatic heterocycles. The first-order chi connectivity index (χ1) is 7.48. The van der Waals surface area contributed by atoms with Crippen molar-refractivity contribution >= 4 is 23.3 Å². The van der Waals surface area contributed by atoms with Crippen molar-refractivity contribution in [1.82, 2.24) is 4.98 Å². The standard InChI is InChI=1S/C11H16N4S/c1-11(2,16-3)7-15-10-9(13)4-8(5-12)6-14-10/h4,6H,7,13H2,1-3H3,(H,14,15). The molecular weight excluding hydrogens is 220 g/mol. The number of rotatable bonds is 4. The molecule has 1 aromatic rings. The van der Waals surface area contributed by atoms with Crippen LogP contribution in [-0.2, 0) is 0 Å². The molecule has 0 radical (unpaired) electrons. The van der Waals surface area contributed by atoms with E-state index in [1.807, 2.05) is 6.07 Å². The Morgan fingerprint density at radius 1 is 1.62 bits per heavy atom. The molecule has 3 N–H and O–H groups in total. The SMILES string of the molecule is CSC(C)(C)CNc1ncc(C#N)cc1N. The number of pyridine rings is 1. The van der Waals surface area contributed by atoms with Crippen molar-refractivity contribution in [2.75, 3.05) is 23.9 Å². The van der Waals surface area contributed by atoms with E-state index in [1.165, 1.54) is 6.20 Å². The fraction of sp³-hybridized carbons (Fsp3) is 0.455. The third-order valence-corrected chi connectivity index (χ3v) is 3.53. The van der Waals surface area contributed by atoms with Crippen LogP contribution in [0.15, 0.2) is 12.3 Å². The highest BCUT2D eigenvalue weighted by Crippen LogP contribution is 2.23. The summed E-state index contributed by atoms with van der Waals surface area (Å²) in [5, 5.41) is 11.9. The molecule has 0 amide bonds. The number of hydrogen-bond donors (Lipinski definition) is 2. The summed E-state index contributed by atoms with van der Waals surface area (Å²) < 4.78 is 0.127. The molecule has 0 aromatic carbocycles. The smallest absolute Gasteiger partial charge is 0.149 e. The van der Waals surface area contributed by atoms with Gasteiger partial charge in [-0.05, 0) is 26.2 Å². The lowest BCUT2D eigenvalue weighted by Gasteiger charge is -2.22. The van der Waals surface area contributed by atoms with Crippen LogP contribution < -0.4 is 11.1 Å². The van der Waals surface area contributed by atoms with Gasteiger partial charge < -0.3 is 11.1 Å². The van der Waals surface area contributed by atoms with Crippen LogP contribution in [0.4, 0.5) is 11.5 Å². The van der Waals surface area contributed by atoms with E-state index in [2.05, 4.69) is 30.4 Å². The predicted molar refractivity (Wildman–Crippen MR) is 69.4 cm³/mol. The van der Waals surface area contributed by atoms with Gasteiger partial charge >= 0.3 is 0 Å². The molecule has 0 fully saturated rings. The Balaban J connectivity index is 2.73. The molecule has 0 aliphatic carbocycles. The van der Waals surface area contributed by atoms with Crippen LogP contribution in [0.25, 0.3) is 0 Å². The van der Waals surface area contributed by atoms with E-state index in [-0.39, 0.29) is 4.75 Å². The molecule has 0 aliphatic heterocycles. The monoisotopic (exact) mass is 236 g/mol. The molecule has 4 nitrogen and oxygen atoms in total. The molecule has 0 spiro atoms. The van der Waals surface area contributed by atoms with E-state index in [9.17, 15) is 0 Å². The van der Waals surface area contributed by atoms with Gasteiger partial charge in [-0.2, -0.15) is 17.0 Å². The summed E-state index contributed by atoms with van der Waals surface area (Å²) in [6.07, 6.45) is 3.59. The Kier molecular flexibility index (Phi) is 4.02. The van der Waals surface area contributed by atoms with Crippen LogP contribution >= 0.6 is 11.8 Å².